The summed E-state index contributed by atoms with van der Waals surface area (Å²) in [6.07, 6.45) is 4.57. The lowest BCUT2D eigenvalue weighted by molar-refractivity contribution is 0.476. The van der Waals surface area contributed by atoms with Crippen LogP contribution in [-0.4, -0.2) is 15.1 Å². The maximum Gasteiger partial charge on any atom is 0.118 e. The fraction of sp³-hybridized carbons (Fsp3) is 0.0952. The first-order chi connectivity index (χ1) is 12.2. The van der Waals surface area contributed by atoms with E-state index in [4.69, 9.17) is 0 Å². The van der Waals surface area contributed by atoms with E-state index in [0.29, 0.717) is 0 Å². The number of aromatic amines is 1. The molecule has 25 heavy (non-hydrogen) atoms. The van der Waals surface area contributed by atoms with Gasteiger partial charge < -0.3 is 15.4 Å². The number of H-pyrrole nitrogens is 1. The van der Waals surface area contributed by atoms with Crippen LogP contribution >= 0.6 is 0 Å². The standard InChI is InChI=1S/C21H19N3O/c1-2-19-21(7-4-9-22-19)24-15-11-14(12-16(25)13-15)17-5-3-6-20-18(17)8-10-23-20/h3-13,23-25H,2H2,1H3. The molecule has 0 radical (unpaired) electrons. The largest absolute Gasteiger partial charge is 0.508 e. The second-order valence-electron chi connectivity index (χ2n) is 5.99. The maximum absolute atomic E-state index is 10.2. The van der Waals surface area contributed by atoms with E-state index in [9.17, 15) is 5.11 Å². The summed E-state index contributed by atoms with van der Waals surface area (Å²) in [6, 6.07) is 17.7. The molecule has 0 amide bonds. The van der Waals surface area contributed by atoms with E-state index in [-0.39, 0.29) is 5.75 Å². The smallest absolute Gasteiger partial charge is 0.118 e. The number of hydrogen-bond donors (Lipinski definition) is 3. The molecule has 0 aliphatic carbocycles. The van der Waals surface area contributed by atoms with Gasteiger partial charge in [-0.25, -0.2) is 0 Å². The number of anilines is 2. The van der Waals surface area contributed by atoms with Gasteiger partial charge in [0.1, 0.15) is 5.75 Å². The highest BCUT2D eigenvalue weighted by molar-refractivity contribution is 5.96. The van der Waals surface area contributed by atoms with Crippen LogP contribution in [0.5, 0.6) is 5.75 Å². The number of nitrogens with zero attached hydrogens (tertiary/aromatic N) is 1. The Bertz CT molecular complexity index is 1040. The van der Waals surface area contributed by atoms with Crippen LogP contribution in [0, 0.1) is 0 Å². The zero-order valence-electron chi connectivity index (χ0n) is 14.0. The first kappa shape index (κ1) is 15.3. The van der Waals surface area contributed by atoms with Gasteiger partial charge in [0.05, 0.1) is 11.4 Å². The summed E-state index contributed by atoms with van der Waals surface area (Å²) in [6.45, 7) is 2.08. The molecule has 0 atom stereocenters. The van der Waals surface area contributed by atoms with Crippen molar-refractivity contribution in [3.63, 3.8) is 0 Å². The number of benzene rings is 2. The van der Waals surface area contributed by atoms with Crippen molar-refractivity contribution < 1.29 is 5.11 Å². The Morgan fingerprint density at radius 2 is 2.00 bits per heavy atom. The molecule has 0 bridgehead atoms. The van der Waals surface area contributed by atoms with Gasteiger partial charge in [0, 0.05) is 35.1 Å². The first-order valence-corrected chi connectivity index (χ1v) is 8.36. The molecule has 2 aromatic carbocycles. The van der Waals surface area contributed by atoms with Crippen LogP contribution in [0.4, 0.5) is 11.4 Å². The Kier molecular flexibility index (Phi) is 3.86. The molecule has 0 aliphatic rings. The molecule has 4 rings (SSSR count). The molecule has 0 aliphatic heterocycles. The van der Waals surface area contributed by atoms with Crippen LogP contribution < -0.4 is 5.32 Å². The number of pyridine rings is 1. The third-order valence-electron chi connectivity index (χ3n) is 4.33. The van der Waals surface area contributed by atoms with Gasteiger partial charge in [0.25, 0.3) is 0 Å². The molecular formula is C21H19N3O. The fourth-order valence-electron chi connectivity index (χ4n) is 3.17. The second kappa shape index (κ2) is 6.32. The van der Waals surface area contributed by atoms with Gasteiger partial charge in [-0.1, -0.05) is 19.1 Å². The van der Waals surface area contributed by atoms with Crippen molar-refractivity contribution in [3.05, 3.63) is 72.7 Å². The second-order valence-corrected chi connectivity index (χ2v) is 5.99. The highest BCUT2D eigenvalue weighted by Gasteiger charge is 2.09. The number of rotatable bonds is 4. The van der Waals surface area contributed by atoms with Crippen LogP contribution in [0.2, 0.25) is 0 Å². The molecule has 4 heteroatoms. The molecular weight excluding hydrogens is 310 g/mol. The molecule has 0 fully saturated rings. The van der Waals surface area contributed by atoms with Crippen LogP contribution in [-0.2, 0) is 6.42 Å². The lowest BCUT2D eigenvalue weighted by Gasteiger charge is -2.12. The number of aromatic hydroxyl groups is 1. The lowest BCUT2D eigenvalue weighted by atomic mass is 10.0. The average molecular weight is 329 g/mol. The Balaban J connectivity index is 1.78. The minimum absolute atomic E-state index is 0.231. The maximum atomic E-state index is 10.2. The van der Waals surface area contributed by atoms with Gasteiger partial charge in [0.15, 0.2) is 0 Å². The first-order valence-electron chi connectivity index (χ1n) is 8.36. The summed E-state index contributed by atoms with van der Waals surface area (Å²) in [7, 11) is 0. The molecule has 0 unspecified atom stereocenters. The minimum atomic E-state index is 0.231. The summed E-state index contributed by atoms with van der Waals surface area (Å²) in [5, 5.41) is 14.7. The van der Waals surface area contributed by atoms with Gasteiger partial charge in [0.2, 0.25) is 0 Å². The SMILES string of the molecule is CCc1ncccc1Nc1cc(O)cc(-c2cccc3[nH]ccc23)c1. The van der Waals surface area contributed by atoms with Gasteiger partial charge in [-0.05, 0) is 53.9 Å². The fourth-order valence-corrected chi connectivity index (χ4v) is 3.17. The van der Waals surface area contributed by atoms with Crippen LogP contribution in [0.3, 0.4) is 0 Å². The van der Waals surface area contributed by atoms with Crippen LogP contribution in [0.1, 0.15) is 12.6 Å². The van der Waals surface area contributed by atoms with E-state index in [1.165, 1.54) is 0 Å². The number of nitrogens with one attached hydrogen (secondary N) is 2. The summed E-state index contributed by atoms with van der Waals surface area (Å²) < 4.78 is 0. The normalized spacial score (nSPS) is 10.9. The molecule has 2 heterocycles. The summed E-state index contributed by atoms with van der Waals surface area (Å²) in [5.41, 5.74) is 5.93. The zero-order chi connectivity index (χ0) is 17.2. The lowest BCUT2D eigenvalue weighted by Crippen LogP contribution is -1.97. The van der Waals surface area contributed by atoms with Gasteiger partial charge in [-0.2, -0.15) is 0 Å². The third-order valence-corrected chi connectivity index (χ3v) is 4.33. The van der Waals surface area contributed by atoms with Crippen molar-refractivity contribution in [2.45, 2.75) is 13.3 Å². The van der Waals surface area contributed by atoms with E-state index in [1.807, 2.05) is 36.5 Å². The van der Waals surface area contributed by atoms with Gasteiger partial charge in [-0.3, -0.25) is 4.98 Å². The van der Waals surface area contributed by atoms with Crippen molar-refractivity contribution in [2.75, 3.05) is 5.32 Å². The van der Waals surface area contributed by atoms with E-state index in [1.54, 1.807) is 18.3 Å². The molecule has 124 valence electrons. The minimum Gasteiger partial charge on any atom is -0.508 e. The Morgan fingerprint density at radius 1 is 1.08 bits per heavy atom. The number of fused-ring (bicyclic) bond motifs is 1. The molecule has 0 saturated carbocycles. The van der Waals surface area contributed by atoms with E-state index >= 15 is 0 Å². The Morgan fingerprint density at radius 3 is 2.88 bits per heavy atom. The molecule has 4 aromatic rings. The monoisotopic (exact) mass is 329 g/mol. The van der Waals surface area contributed by atoms with E-state index in [2.05, 4.69) is 34.3 Å². The predicted molar refractivity (Wildman–Crippen MR) is 102 cm³/mol. The number of hydrogen-bond acceptors (Lipinski definition) is 3. The highest BCUT2D eigenvalue weighted by Crippen LogP contribution is 2.34. The van der Waals surface area contributed by atoms with Crippen LogP contribution in [0.15, 0.2) is 67.0 Å². The number of phenolic OH excluding ortho intramolecular Hbond substituents is 1. The van der Waals surface area contributed by atoms with Gasteiger partial charge >= 0.3 is 0 Å². The van der Waals surface area contributed by atoms with Crippen molar-refractivity contribution in [3.8, 4) is 16.9 Å². The Labute approximate surface area is 146 Å². The number of aromatic nitrogens is 2. The van der Waals surface area contributed by atoms with Gasteiger partial charge in [-0.15, -0.1) is 0 Å². The van der Waals surface area contributed by atoms with Crippen molar-refractivity contribution in [1.82, 2.24) is 9.97 Å². The molecule has 0 spiro atoms. The molecule has 2 aromatic heterocycles. The van der Waals surface area contributed by atoms with Crippen molar-refractivity contribution in [2.24, 2.45) is 0 Å². The van der Waals surface area contributed by atoms with E-state index < -0.39 is 0 Å². The Hall–Kier alpha value is -3.27. The summed E-state index contributed by atoms with van der Waals surface area (Å²) >= 11 is 0. The zero-order valence-corrected chi connectivity index (χ0v) is 14.0. The molecule has 4 nitrogen and oxygen atoms in total. The van der Waals surface area contributed by atoms with Crippen LogP contribution in [0.25, 0.3) is 22.0 Å². The average Bonchev–Trinajstić information content (AvgIpc) is 3.10. The third kappa shape index (κ3) is 2.94. The highest BCUT2D eigenvalue weighted by atomic mass is 16.3. The van der Waals surface area contributed by atoms with Crippen molar-refractivity contribution in [1.29, 1.82) is 0 Å². The quantitative estimate of drug-likeness (QED) is 0.480. The predicted octanol–water partition coefficient (Wildman–Crippen LogP) is 5.24. The number of aryl methyl sites for hydroxylation is 1. The summed E-state index contributed by atoms with van der Waals surface area (Å²) in [4.78, 5) is 7.63. The van der Waals surface area contributed by atoms with Crippen molar-refractivity contribution >= 4 is 22.3 Å². The van der Waals surface area contributed by atoms with E-state index in [0.717, 1.165) is 45.5 Å². The molecule has 3 N–H and O–H groups in total. The topological polar surface area (TPSA) is 60.9 Å². The number of phenols is 1. The summed E-state index contributed by atoms with van der Waals surface area (Å²) in [5.74, 6) is 0.231. The molecule has 0 saturated heterocycles.